The van der Waals surface area contributed by atoms with E-state index in [0.29, 0.717) is 5.69 Å². The van der Waals surface area contributed by atoms with Crippen molar-refractivity contribution in [2.75, 3.05) is 6.54 Å². The molecule has 3 rings (SSSR count). The van der Waals surface area contributed by atoms with E-state index in [1.54, 1.807) is 4.68 Å². The zero-order valence-corrected chi connectivity index (χ0v) is 11.9. The van der Waals surface area contributed by atoms with Gasteiger partial charge in [-0.3, -0.25) is 9.48 Å². The second-order valence-electron chi connectivity index (χ2n) is 4.86. The average molecular weight is 276 g/mol. The van der Waals surface area contributed by atoms with Crippen LogP contribution in [0.2, 0.25) is 0 Å². The van der Waals surface area contributed by atoms with Crippen LogP contribution in [-0.4, -0.2) is 32.1 Å². The maximum Gasteiger partial charge on any atom is 0.273 e. The molecule has 0 aliphatic carbocycles. The first kappa shape index (κ1) is 12.3. The van der Waals surface area contributed by atoms with Crippen LogP contribution in [0.15, 0.2) is 17.8 Å². The maximum atomic E-state index is 12.5. The Hall–Kier alpha value is -1.69. The molecule has 3 heterocycles. The van der Waals surface area contributed by atoms with Gasteiger partial charge in [0.05, 0.1) is 17.2 Å². The standard InChI is InChI=1S/C13H16N4OS/c1-9-15-11(8-19-9)13(18)17-5-3-4-12(17)10-6-14-16(2)7-10/h6-8,12H,3-5H2,1-2H3/t12-/m1/s1. The second kappa shape index (κ2) is 4.77. The normalized spacial score (nSPS) is 19.1. The van der Waals surface area contributed by atoms with Crippen LogP contribution >= 0.6 is 11.3 Å². The van der Waals surface area contributed by atoms with Gasteiger partial charge >= 0.3 is 0 Å². The van der Waals surface area contributed by atoms with E-state index in [1.807, 2.05) is 36.6 Å². The first-order chi connectivity index (χ1) is 9.15. The molecular formula is C13H16N4OS. The molecule has 0 spiro atoms. The van der Waals surface area contributed by atoms with Gasteiger partial charge in [0, 0.05) is 30.7 Å². The van der Waals surface area contributed by atoms with Crippen LogP contribution in [0.3, 0.4) is 0 Å². The summed E-state index contributed by atoms with van der Waals surface area (Å²) in [5.74, 6) is 0.0377. The highest BCUT2D eigenvalue weighted by Crippen LogP contribution is 2.32. The minimum absolute atomic E-state index is 0.0377. The molecule has 0 radical (unpaired) electrons. The first-order valence-electron chi connectivity index (χ1n) is 6.37. The van der Waals surface area contributed by atoms with E-state index in [-0.39, 0.29) is 11.9 Å². The minimum atomic E-state index is 0.0377. The number of hydrogen-bond donors (Lipinski definition) is 0. The fourth-order valence-electron chi connectivity index (χ4n) is 2.58. The molecule has 2 aromatic heterocycles. The van der Waals surface area contributed by atoms with Gasteiger partial charge in [0.25, 0.3) is 5.91 Å². The van der Waals surface area contributed by atoms with Crippen LogP contribution in [0.25, 0.3) is 0 Å². The van der Waals surface area contributed by atoms with Crippen LogP contribution in [-0.2, 0) is 7.05 Å². The maximum absolute atomic E-state index is 12.5. The summed E-state index contributed by atoms with van der Waals surface area (Å²) in [5, 5.41) is 6.97. The van der Waals surface area contributed by atoms with Crippen LogP contribution in [0.5, 0.6) is 0 Å². The molecule has 19 heavy (non-hydrogen) atoms. The van der Waals surface area contributed by atoms with E-state index in [4.69, 9.17) is 0 Å². The van der Waals surface area contributed by atoms with Gasteiger partial charge in [0.2, 0.25) is 0 Å². The summed E-state index contributed by atoms with van der Waals surface area (Å²) >= 11 is 1.52. The van der Waals surface area contributed by atoms with E-state index in [9.17, 15) is 4.79 Å². The van der Waals surface area contributed by atoms with E-state index >= 15 is 0 Å². The van der Waals surface area contributed by atoms with Crippen molar-refractivity contribution in [3.63, 3.8) is 0 Å². The Morgan fingerprint density at radius 1 is 1.53 bits per heavy atom. The SMILES string of the molecule is Cc1nc(C(=O)N2CCC[C@@H]2c2cnn(C)c2)cs1. The monoisotopic (exact) mass is 276 g/mol. The fraction of sp³-hybridized carbons (Fsp3) is 0.462. The van der Waals surface area contributed by atoms with Crippen molar-refractivity contribution < 1.29 is 4.79 Å². The predicted octanol–water partition coefficient (Wildman–Crippen LogP) is 2.16. The summed E-state index contributed by atoms with van der Waals surface area (Å²) in [6.07, 6.45) is 5.88. The summed E-state index contributed by atoms with van der Waals surface area (Å²) in [7, 11) is 1.90. The number of carbonyl (C=O) groups excluding carboxylic acids is 1. The largest absolute Gasteiger partial charge is 0.330 e. The third-order valence-corrected chi connectivity index (χ3v) is 4.23. The Bertz CT molecular complexity index is 603. The number of amides is 1. The molecule has 1 saturated heterocycles. The van der Waals surface area contributed by atoms with E-state index in [0.717, 1.165) is 30.0 Å². The summed E-state index contributed by atoms with van der Waals surface area (Å²) in [4.78, 5) is 18.7. The van der Waals surface area contributed by atoms with Gasteiger partial charge in [0.1, 0.15) is 5.69 Å². The van der Waals surface area contributed by atoms with Crippen molar-refractivity contribution in [3.8, 4) is 0 Å². The molecule has 1 fully saturated rings. The highest BCUT2D eigenvalue weighted by Gasteiger charge is 2.32. The van der Waals surface area contributed by atoms with E-state index < -0.39 is 0 Å². The summed E-state index contributed by atoms with van der Waals surface area (Å²) in [6, 6.07) is 0.142. The average Bonchev–Trinajstić information content (AvgIpc) is 3.07. The second-order valence-corrected chi connectivity index (χ2v) is 5.92. The summed E-state index contributed by atoms with van der Waals surface area (Å²) < 4.78 is 1.78. The fourth-order valence-corrected chi connectivity index (χ4v) is 3.16. The molecule has 1 amide bonds. The molecule has 1 aliphatic heterocycles. The van der Waals surface area contributed by atoms with Gasteiger partial charge in [-0.25, -0.2) is 4.98 Å². The number of rotatable bonds is 2. The van der Waals surface area contributed by atoms with Crippen molar-refractivity contribution in [1.82, 2.24) is 19.7 Å². The number of carbonyl (C=O) groups is 1. The molecule has 1 atom stereocenters. The third kappa shape index (κ3) is 2.28. The van der Waals surface area contributed by atoms with Crippen LogP contribution < -0.4 is 0 Å². The topological polar surface area (TPSA) is 51.0 Å². The summed E-state index contributed by atoms with van der Waals surface area (Å²) in [5.41, 5.74) is 1.68. The van der Waals surface area contributed by atoms with Crippen LogP contribution in [0.4, 0.5) is 0 Å². The van der Waals surface area contributed by atoms with Gasteiger partial charge in [-0.05, 0) is 19.8 Å². The van der Waals surface area contributed by atoms with Gasteiger partial charge < -0.3 is 4.90 Å². The molecule has 6 heteroatoms. The Labute approximate surface area is 115 Å². The van der Waals surface area contributed by atoms with Crippen molar-refractivity contribution >= 4 is 17.2 Å². The molecule has 0 aromatic carbocycles. The Kier molecular flexibility index (Phi) is 3.10. The molecular weight excluding hydrogens is 260 g/mol. The molecule has 0 unspecified atom stereocenters. The number of hydrogen-bond acceptors (Lipinski definition) is 4. The molecule has 0 bridgehead atoms. The summed E-state index contributed by atoms with van der Waals surface area (Å²) in [6.45, 7) is 2.72. The molecule has 0 N–H and O–H groups in total. The number of aryl methyl sites for hydroxylation is 2. The van der Waals surface area contributed by atoms with Crippen LogP contribution in [0.1, 0.15) is 39.9 Å². The van der Waals surface area contributed by atoms with Gasteiger partial charge in [-0.2, -0.15) is 5.10 Å². The lowest BCUT2D eigenvalue weighted by Crippen LogP contribution is -2.30. The number of aromatic nitrogens is 3. The zero-order chi connectivity index (χ0) is 13.4. The predicted molar refractivity (Wildman–Crippen MR) is 73.1 cm³/mol. The van der Waals surface area contributed by atoms with Gasteiger partial charge in [-0.15, -0.1) is 11.3 Å². The van der Waals surface area contributed by atoms with Crippen LogP contribution in [0, 0.1) is 6.92 Å². The van der Waals surface area contributed by atoms with Crippen molar-refractivity contribution in [2.24, 2.45) is 7.05 Å². The number of nitrogens with zero attached hydrogens (tertiary/aromatic N) is 4. The van der Waals surface area contributed by atoms with E-state index in [2.05, 4.69) is 10.1 Å². The van der Waals surface area contributed by atoms with Gasteiger partial charge in [-0.1, -0.05) is 0 Å². The molecule has 1 aliphatic rings. The zero-order valence-electron chi connectivity index (χ0n) is 11.0. The van der Waals surface area contributed by atoms with Crippen molar-refractivity contribution in [1.29, 1.82) is 0 Å². The lowest BCUT2D eigenvalue weighted by molar-refractivity contribution is 0.0730. The highest BCUT2D eigenvalue weighted by molar-refractivity contribution is 7.09. The Morgan fingerprint density at radius 3 is 3.00 bits per heavy atom. The Morgan fingerprint density at radius 2 is 2.37 bits per heavy atom. The molecule has 5 nitrogen and oxygen atoms in total. The Balaban J connectivity index is 1.85. The number of likely N-dealkylation sites (tertiary alicyclic amines) is 1. The first-order valence-corrected chi connectivity index (χ1v) is 7.25. The van der Waals surface area contributed by atoms with E-state index in [1.165, 1.54) is 11.3 Å². The third-order valence-electron chi connectivity index (χ3n) is 3.46. The number of thiazole rings is 1. The van der Waals surface area contributed by atoms with Gasteiger partial charge in [0.15, 0.2) is 0 Å². The highest BCUT2D eigenvalue weighted by atomic mass is 32.1. The quantitative estimate of drug-likeness (QED) is 0.844. The molecule has 100 valence electrons. The minimum Gasteiger partial charge on any atom is -0.330 e. The van der Waals surface area contributed by atoms with Crippen molar-refractivity contribution in [3.05, 3.63) is 34.0 Å². The smallest absolute Gasteiger partial charge is 0.273 e. The van der Waals surface area contributed by atoms with Crippen molar-refractivity contribution in [2.45, 2.75) is 25.8 Å². The molecule has 2 aromatic rings. The molecule has 0 saturated carbocycles. The lowest BCUT2D eigenvalue weighted by atomic mass is 10.1. The lowest BCUT2D eigenvalue weighted by Gasteiger charge is -2.22.